The Kier molecular flexibility index (Phi) is 4.33. The molecule has 1 aromatic rings. The van der Waals surface area contributed by atoms with Crippen LogP contribution in [0.1, 0.15) is 24.1 Å². The molecule has 0 aliphatic carbocycles. The van der Waals surface area contributed by atoms with Gasteiger partial charge >= 0.3 is 0 Å². The molecule has 18 heavy (non-hydrogen) atoms. The zero-order valence-corrected chi connectivity index (χ0v) is 10.8. The Labute approximate surface area is 106 Å². The Balaban J connectivity index is 1.76. The monoisotopic (exact) mass is 253 g/mol. The van der Waals surface area contributed by atoms with Crippen molar-refractivity contribution in [3.8, 4) is 0 Å². The maximum Gasteiger partial charge on any atom is 0.252 e. The van der Waals surface area contributed by atoms with E-state index in [-0.39, 0.29) is 18.6 Å². The molecule has 1 amide bonds. The minimum Gasteiger partial charge on any atom is -0.368 e. The fraction of sp³-hybridized carbons (Fsp3) is 0.667. The summed E-state index contributed by atoms with van der Waals surface area (Å²) in [5, 5.41) is 9.69. The zero-order valence-electron chi connectivity index (χ0n) is 10.8. The number of piperidine rings is 1. The first-order valence-electron chi connectivity index (χ1n) is 6.22. The molecule has 1 saturated heterocycles. The molecule has 2 rings (SSSR count). The molecular formula is C12H19N3O3. The van der Waals surface area contributed by atoms with Gasteiger partial charge in [0.05, 0.1) is 11.8 Å². The molecule has 2 heterocycles. The lowest BCUT2D eigenvalue weighted by molar-refractivity contribution is -0.123. The van der Waals surface area contributed by atoms with Gasteiger partial charge in [-0.25, -0.2) is 0 Å². The molecule has 1 fully saturated rings. The van der Waals surface area contributed by atoms with E-state index >= 15 is 0 Å². The molecule has 1 aliphatic rings. The largest absolute Gasteiger partial charge is 0.368 e. The van der Waals surface area contributed by atoms with Crippen LogP contribution in [0, 0.1) is 13.8 Å². The van der Waals surface area contributed by atoms with E-state index in [1.807, 2.05) is 13.8 Å². The molecule has 6 nitrogen and oxygen atoms in total. The van der Waals surface area contributed by atoms with Gasteiger partial charge in [0.25, 0.3) is 5.91 Å². The standard InChI is InChI=1S/C12H19N3O3/c1-8-9(2)15-18-12(8)14-11(16)7-17-10-3-5-13-6-4-10/h10,13H,3-7H2,1-2H3,(H,14,16). The minimum absolute atomic E-state index is 0.0594. The van der Waals surface area contributed by atoms with E-state index in [0.717, 1.165) is 37.2 Å². The van der Waals surface area contributed by atoms with Crippen LogP contribution in [0.3, 0.4) is 0 Å². The Morgan fingerprint density at radius 1 is 1.50 bits per heavy atom. The van der Waals surface area contributed by atoms with Crippen molar-refractivity contribution in [2.24, 2.45) is 0 Å². The summed E-state index contributed by atoms with van der Waals surface area (Å²) in [4.78, 5) is 11.7. The van der Waals surface area contributed by atoms with Gasteiger partial charge < -0.3 is 14.6 Å². The summed E-state index contributed by atoms with van der Waals surface area (Å²) in [6.07, 6.45) is 2.08. The molecule has 2 N–H and O–H groups in total. The van der Waals surface area contributed by atoms with Crippen molar-refractivity contribution in [3.05, 3.63) is 11.3 Å². The molecule has 0 bridgehead atoms. The van der Waals surface area contributed by atoms with E-state index in [2.05, 4.69) is 15.8 Å². The smallest absolute Gasteiger partial charge is 0.252 e. The van der Waals surface area contributed by atoms with Crippen LogP contribution in [0.4, 0.5) is 5.88 Å². The molecule has 1 aliphatic heterocycles. The highest BCUT2D eigenvalue weighted by molar-refractivity contribution is 5.91. The number of anilines is 1. The maximum absolute atomic E-state index is 11.7. The number of hydrogen-bond donors (Lipinski definition) is 2. The third-order valence-electron chi connectivity index (χ3n) is 3.15. The maximum atomic E-state index is 11.7. The number of rotatable bonds is 4. The van der Waals surface area contributed by atoms with E-state index in [1.165, 1.54) is 0 Å². The topological polar surface area (TPSA) is 76.4 Å². The summed E-state index contributed by atoms with van der Waals surface area (Å²) in [5.74, 6) is 0.208. The normalized spacial score (nSPS) is 16.8. The molecule has 0 radical (unpaired) electrons. The van der Waals surface area contributed by atoms with Gasteiger partial charge in [0.15, 0.2) is 0 Å². The lowest BCUT2D eigenvalue weighted by Gasteiger charge is -2.22. The highest BCUT2D eigenvalue weighted by atomic mass is 16.5. The third kappa shape index (κ3) is 3.30. The SMILES string of the molecule is Cc1noc(NC(=O)COC2CCNCC2)c1C. The molecule has 0 unspecified atom stereocenters. The van der Waals surface area contributed by atoms with E-state index in [4.69, 9.17) is 9.26 Å². The average molecular weight is 253 g/mol. The predicted molar refractivity (Wildman–Crippen MR) is 66.5 cm³/mol. The van der Waals surface area contributed by atoms with Gasteiger partial charge in [-0.2, -0.15) is 0 Å². The van der Waals surface area contributed by atoms with Crippen molar-refractivity contribution >= 4 is 11.8 Å². The second-order valence-corrected chi connectivity index (χ2v) is 4.53. The minimum atomic E-state index is -0.201. The van der Waals surface area contributed by atoms with E-state index in [1.54, 1.807) is 0 Å². The van der Waals surface area contributed by atoms with Gasteiger partial charge in [-0.15, -0.1) is 0 Å². The van der Waals surface area contributed by atoms with Crippen LogP contribution in [0.2, 0.25) is 0 Å². The molecule has 0 aromatic carbocycles. The number of ether oxygens (including phenoxy) is 1. The van der Waals surface area contributed by atoms with Crippen LogP contribution < -0.4 is 10.6 Å². The molecule has 1 aromatic heterocycles. The Morgan fingerprint density at radius 2 is 2.22 bits per heavy atom. The van der Waals surface area contributed by atoms with Crippen LogP contribution in [0.25, 0.3) is 0 Å². The summed E-state index contributed by atoms with van der Waals surface area (Å²) in [6, 6.07) is 0. The number of aryl methyl sites for hydroxylation is 1. The fourth-order valence-electron chi connectivity index (χ4n) is 1.85. The Hall–Kier alpha value is -1.40. The summed E-state index contributed by atoms with van der Waals surface area (Å²) in [5.41, 5.74) is 1.63. The first-order chi connectivity index (χ1) is 8.66. The second-order valence-electron chi connectivity index (χ2n) is 4.53. The first-order valence-corrected chi connectivity index (χ1v) is 6.22. The van der Waals surface area contributed by atoms with Crippen molar-refractivity contribution < 1.29 is 14.1 Å². The highest BCUT2D eigenvalue weighted by Crippen LogP contribution is 2.17. The van der Waals surface area contributed by atoms with Crippen LogP contribution in [-0.4, -0.2) is 36.9 Å². The van der Waals surface area contributed by atoms with Gasteiger partial charge in [0.2, 0.25) is 5.88 Å². The number of nitrogens with zero attached hydrogens (tertiary/aromatic N) is 1. The number of hydrogen-bond acceptors (Lipinski definition) is 5. The molecular weight excluding hydrogens is 234 g/mol. The van der Waals surface area contributed by atoms with Crippen molar-refractivity contribution in [3.63, 3.8) is 0 Å². The van der Waals surface area contributed by atoms with Crippen LogP contribution in [0.5, 0.6) is 0 Å². The summed E-state index contributed by atoms with van der Waals surface area (Å²) < 4.78 is 10.6. The van der Waals surface area contributed by atoms with Gasteiger partial charge in [0.1, 0.15) is 6.61 Å². The predicted octanol–water partition coefficient (Wildman–Crippen LogP) is 0.999. The van der Waals surface area contributed by atoms with Gasteiger partial charge in [-0.3, -0.25) is 10.1 Å². The van der Waals surface area contributed by atoms with Crippen molar-refractivity contribution in [2.45, 2.75) is 32.8 Å². The van der Waals surface area contributed by atoms with Crippen LogP contribution >= 0.6 is 0 Å². The van der Waals surface area contributed by atoms with E-state index in [0.29, 0.717) is 5.88 Å². The van der Waals surface area contributed by atoms with Crippen molar-refractivity contribution in [2.75, 3.05) is 25.0 Å². The van der Waals surface area contributed by atoms with Crippen LogP contribution in [0.15, 0.2) is 4.52 Å². The van der Waals surface area contributed by atoms with E-state index in [9.17, 15) is 4.79 Å². The number of amides is 1. The number of carbonyl (C=O) groups is 1. The molecule has 0 atom stereocenters. The summed E-state index contributed by atoms with van der Waals surface area (Å²) in [7, 11) is 0. The third-order valence-corrected chi connectivity index (χ3v) is 3.15. The fourth-order valence-corrected chi connectivity index (χ4v) is 1.85. The summed E-state index contributed by atoms with van der Waals surface area (Å²) >= 11 is 0. The van der Waals surface area contributed by atoms with Gasteiger partial charge in [0, 0.05) is 5.56 Å². The van der Waals surface area contributed by atoms with Crippen molar-refractivity contribution in [1.29, 1.82) is 0 Å². The van der Waals surface area contributed by atoms with Crippen molar-refractivity contribution in [1.82, 2.24) is 10.5 Å². The molecule has 6 heteroatoms. The number of aromatic nitrogens is 1. The van der Waals surface area contributed by atoms with Crippen LogP contribution in [-0.2, 0) is 9.53 Å². The molecule has 0 spiro atoms. The summed E-state index contributed by atoms with van der Waals surface area (Å²) in [6.45, 7) is 5.65. The molecule has 0 saturated carbocycles. The molecule has 100 valence electrons. The Morgan fingerprint density at radius 3 is 2.83 bits per heavy atom. The van der Waals surface area contributed by atoms with Gasteiger partial charge in [-0.1, -0.05) is 5.16 Å². The second kappa shape index (κ2) is 5.97. The van der Waals surface area contributed by atoms with Gasteiger partial charge in [-0.05, 0) is 39.8 Å². The first kappa shape index (κ1) is 13.0. The Bertz CT molecular complexity index is 411. The number of nitrogens with one attached hydrogen (secondary N) is 2. The van der Waals surface area contributed by atoms with E-state index < -0.39 is 0 Å². The lowest BCUT2D eigenvalue weighted by atomic mass is 10.1. The zero-order chi connectivity index (χ0) is 13.0. The highest BCUT2D eigenvalue weighted by Gasteiger charge is 2.16. The average Bonchev–Trinajstić information content (AvgIpc) is 2.70. The lowest BCUT2D eigenvalue weighted by Crippen LogP contribution is -2.34. The quantitative estimate of drug-likeness (QED) is 0.837. The number of carbonyl (C=O) groups excluding carboxylic acids is 1.